The van der Waals surface area contributed by atoms with E-state index in [4.69, 9.17) is 9.47 Å². The number of carbonyl (C=O) groups is 3. The number of hydrogen-bond donors (Lipinski definition) is 1. The van der Waals surface area contributed by atoms with Gasteiger partial charge in [0, 0.05) is 17.8 Å². The molecule has 0 bridgehead atoms. The Balaban J connectivity index is 1.57. The van der Waals surface area contributed by atoms with E-state index in [1.54, 1.807) is 37.8 Å². The average Bonchev–Trinajstić information content (AvgIpc) is 3.41. The summed E-state index contributed by atoms with van der Waals surface area (Å²) in [6.45, 7) is 4.76. The molecule has 2 amide bonds. The smallest absolute Gasteiger partial charge is 0.412 e. The minimum atomic E-state index is -3.13. The molecule has 2 aliphatic rings. The van der Waals surface area contributed by atoms with Crippen molar-refractivity contribution < 1.29 is 32.3 Å². The second-order valence-corrected chi connectivity index (χ2v) is 11.1. The lowest BCUT2D eigenvalue weighted by Crippen LogP contribution is -2.44. The summed E-state index contributed by atoms with van der Waals surface area (Å²) in [5.41, 5.74) is -0.138. The third-order valence-corrected chi connectivity index (χ3v) is 6.65. The Morgan fingerprint density at radius 3 is 2.42 bits per heavy atom. The molecular weight excluding hydrogens is 424 g/mol. The first-order valence-corrected chi connectivity index (χ1v) is 12.0. The molecule has 170 valence electrons. The van der Waals surface area contributed by atoms with Crippen molar-refractivity contribution in [2.24, 2.45) is 0 Å². The Labute approximate surface area is 182 Å². The normalized spacial score (nSPS) is 20.0. The highest BCUT2D eigenvalue weighted by Crippen LogP contribution is 2.32. The Hall–Kier alpha value is -2.62. The van der Waals surface area contributed by atoms with Gasteiger partial charge in [-0.2, -0.15) is 0 Å². The summed E-state index contributed by atoms with van der Waals surface area (Å²) in [5, 5.41) is 2.54. The highest BCUT2D eigenvalue weighted by molar-refractivity contribution is 7.91. The van der Waals surface area contributed by atoms with Crippen molar-refractivity contribution >= 4 is 33.5 Å². The van der Waals surface area contributed by atoms with E-state index < -0.39 is 34.1 Å². The molecule has 1 unspecified atom stereocenters. The molecule has 3 rings (SSSR count). The molecule has 31 heavy (non-hydrogen) atoms. The van der Waals surface area contributed by atoms with Gasteiger partial charge in [-0.25, -0.2) is 18.0 Å². The maximum absolute atomic E-state index is 12.7. The van der Waals surface area contributed by atoms with E-state index >= 15 is 0 Å². The first-order valence-electron chi connectivity index (χ1n) is 10.2. The number of benzene rings is 1. The highest BCUT2D eigenvalue weighted by atomic mass is 32.2. The van der Waals surface area contributed by atoms with E-state index in [9.17, 15) is 22.8 Å². The first kappa shape index (κ1) is 23.1. The standard InChI is InChI=1S/C21H28N2O7S/c1-21(2,3)30-20(26)22-15-6-4-5-14(11-15)19(25)29-12-18(24)23(16-7-8-16)17-9-10-31(27,28)13-17/h4-6,11,16-17H,7-10,12-13H2,1-3H3,(H,22,26). The molecule has 1 aliphatic carbocycles. The van der Waals surface area contributed by atoms with Gasteiger partial charge in [0.05, 0.1) is 17.1 Å². The fourth-order valence-electron chi connectivity index (χ4n) is 3.48. The quantitative estimate of drug-likeness (QED) is 0.658. The number of hydrogen-bond acceptors (Lipinski definition) is 7. The van der Waals surface area contributed by atoms with Crippen molar-refractivity contribution in [3.63, 3.8) is 0 Å². The monoisotopic (exact) mass is 452 g/mol. The van der Waals surface area contributed by atoms with E-state index in [0.29, 0.717) is 12.1 Å². The number of rotatable bonds is 6. The van der Waals surface area contributed by atoms with E-state index in [1.807, 2.05) is 0 Å². The van der Waals surface area contributed by atoms with Crippen molar-refractivity contribution in [1.82, 2.24) is 4.90 Å². The number of ether oxygens (including phenoxy) is 2. The summed E-state index contributed by atoms with van der Waals surface area (Å²) in [7, 11) is -3.13. The van der Waals surface area contributed by atoms with Crippen LogP contribution >= 0.6 is 0 Å². The summed E-state index contributed by atoms with van der Waals surface area (Å²) in [4.78, 5) is 38.6. The molecule has 2 fully saturated rings. The Morgan fingerprint density at radius 1 is 1.13 bits per heavy atom. The van der Waals surface area contributed by atoms with Crippen LogP contribution in [-0.4, -0.2) is 67.1 Å². The molecule has 1 saturated carbocycles. The summed E-state index contributed by atoms with van der Waals surface area (Å²) >= 11 is 0. The average molecular weight is 453 g/mol. The zero-order valence-electron chi connectivity index (χ0n) is 17.9. The van der Waals surface area contributed by atoms with Crippen LogP contribution in [0.25, 0.3) is 0 Å². The number of carbonyl (C=O) groups excluding carboxylic acids is 3. The van der Waals surface area contributed by atoms with Crippen LogP contribution in [0.5, 0.6) is 0 Å². The van der Waals surface area contributed by atoms with Gasteiger partial charge in [-0.1, -0.05) is 6.07 Å². The predicted molar refractivity (Wildman–Crippen MR) is 114 cm³/mol. The van der Waals surface area contributed by atoms with Gasteiger partial charge < -0.3 is 14.4 Å². The molecule has 1 saturated heterocycles. The maximum Gasteiger partial charge on any atom is 0.412 e. The second-order valence-electron chi connectivity index (χ2n) is 8.87. The van der Waals surface area contributed by atoms with Crippen molar-refractivity contribution in [2.75, 3.05) is 23.4 Å². The third-order valence-electron chi connectivity index (χ3n) is 4.90. The Morgan fingerprint density at radius 2 is 1.84 bits per heavy atom. The Bertz CT molecular complexity index is 964. The number of nitrogens with zero attached hydrogens (tertiary/aromatic N) is 1. The molecular formula is C21H28N2O7S. The fraction of sp³-hybridized carbons (Fsp3) is 0.571. The van der Waals surface area contributed by atoms with Crippen LogP contribution in [0.1, 0.15) is 50.4 Å². The summed E-state index contributed by atoms with van der Waals surface area (Å²) in [6, 6.07) is 5.77. The molecule has 1 aromatic rings. The molecule has 0 radical (unpaired) electrons. The van der Waals surface area contributed by atoms with Gasteiger partial charge in [-0.3, -0.25) is 10.1 Å². The minimum absolute atomic E-state index is 0.0193. The molecule has 1 N–H and O–H groups in total. The van der Waals surface area contributed by atoms with Crippen molar-refractivity contribution in [3.8, 4) is 0 Å². The van der Waals surface area contributed by atoms with Crippen LogP contribution in [0, 0.1) is 0 Å². The van der Waals surface area contributed by atoms with E-state index in [-0.39, 0.29) is 35.1 Å². The number of nitrogens with one attached hydrogen (secondary N) is 1. The van der Waals surface area contributed by atoms with E-state index in [2.05, 4.69) is 5.32 Å². The van der Waals surface area contributed by atoms with Gasteiger partial charge in [0.1, 0.15) is 5.60 Å². The zero-order chi connectivity index (χ0) is 22.8. The molecule has 0 aromatic heterocycles. The van der Waals surface area contributed by atoms with Crippen LogP contribution < -0.4 is 5.32 Å². The number of amides is 2. The lowest BCUT2D eigenvalue weighted by atomic mass is 10.2. The third kappa shape index (κ3) is 6.68. The first-order chi connectivity index (χ1) is 14.4. The van der Waals surface area contributed by atoms with Gasteiger partial charge >= 0.3 is 12.1 Å². The van der Waals surface area contributed by atoms with E-state index in [1.165, 1.54) is 12.1 Å². The van der Waals surface area contributed by atoms with Gasteiger partial charge in [-0.15, -0.1) is 0 Å². The largest absolute Gasteiger partial charge is 0.452 e. The van der Waals surface area contributed by atoms with Gasteiger partial charge in [0.15, 0.2) is 16.4 Å². The summed E-state index contributed by atoms with van der Waals surface area (Å²) in [5.74, 6) is -1.07. The lowest BCUT2D eigenvalue weighted by molar-refractivity contribution is -0.137. The molecule has 1 heterocycles. The predicted octanol–water partition coefficient (Wildman–Crippen LogP) is 2.37. The van der Waals surface area contributed by atoms with Gasteiger partial charge in [0.25, 0.3) is 5.91 Å². The van der Waals surface area contributed by atoms with Crippen LogP contribution in [0.15, 0.2) is 24.3 Å². The van der Waals surface area contributed by atoms with Gasteiger partial charge in [-0.05, 0) is 58.2 Å². The summed E-state index contributed by atoms with van der Waals surface area (Å²) < 4.78 is 33.9. The van der Waals surface area contributed by atoms with Crippen molar-refractivity contribution in [2.45, 2.75) is 57.7 Å². The molecule has 10 heteroatoms. The van der Waals surface area contributed by atoms with Gasteiger partial charge in [0.2, 0.25) is 0 Å². The fourth-order valence-corrected chi connectivity index (χ4v) is 5.19. The number of sulfone groups is 1. The number of anilines is 1. The molecule has 9 nitrogen and oxygen atoms in total. The second kappa shape index (κ2) is 8.86. The van der Waals surface area contributed by atoms with Crippen LogP contribution in [-0.2, 0) is 24.1 Å². The minimum Gasteiger partial charge on any atom is -0.452 e. The zero-order valence-corrected chi connectivity index (χ0v) is 18.7. The molecule has 1 atom stereocenters. The van der Waals surface area contributed by atoms with Crippen molar-refractivity contribution in [3.05, 3.63) is 29.8 Å². The SMILES string of the molecule is CC(C)(C)OC(=O)Nc1cccc(C(=O)OCC(=O)N(C2CC2)C2CCS(=O)(=O)C2)c1. The van der Waals surface area contributed by atoms with Crippen LogP contribution in [0.3, 0.4) is 0 Å². The Kier molecular flexibility index (Phi) is 6.59. The van der Waals surface area contributed by atoms with Crippen LogP contribution in [0.2, 0.25) is 0 Å². The maximum atomic E-state index is 12.7. The van der Waals surface area contributed by atoms with Crippen molar-refractivity contribution in [1.29, 1.82) is 0 Å². The number of esters is 1. The topological polar surface area (TPSA) is 119 Å². The van der Waals surface area contributed by atoms with Crippen LogP contribution in [0.4, 0.5) is 10.5 Å². The molecule has 0 spiro atoms. The molecule has 1 aliphatic heterocycles. The lowest BCUT2D eigenvalue weighted by Gasteiger charge is -2.28. The molecule has 1 aromatic carbocycles. The summed E-state index contributed by atoms with van der Waals surface area (Å²) in [6.07, 6.45) is 1.42. The van der Waals surface area contributed by atoms with E-state index in [0.717, 1.165) is 12.8 Å². The highest BCUT2D eigenvalue weighted by Gasteiger charge is 2.42.